The number of ketones is 1. The van der Waals surface area contributed by atoms with Gasteiger partial charge in [0.1, 0.15) is 5.78 Å². The van der Waals surface area contributed by atoms with Gasteiger partial charge in [-0.15, -0.1) is 0 Å². The molecule has 0 heterocycles. The lowest BCUT2D eigenvalue weighted by atomic mass is 10.0. The van der Waals surface area contributed by atoms with Crippen molar-refractivity contribution in [3.8, 4) is 0 Å². The SMILES string of the molecule is O=C1CCCC1CCOCc1ccccc1. The van der Waals surface area contributed by atoms with Crippen LogP contribution in [0.15, 0.2) is 30.3 Å². The second-order valence-electron chi connectivity index (χ2n) is 4.38. The molecular formula is C14H18O2. The topological polar surface area (TPSA) is 26.3 Å². The first-order valence-corrected chi connectivity index (χ1v) is 6.00. The molecule has 1 saturated carbocycles. The van der Waals surface area contributed by atoms with Crippen LogP contribution in [0.1, 0.15) is 31.2 Å². The zero-order valence-electron chi connectivity index (χ0n) is 9.52. The Kier molecular flexibility index (Phi) is 4.11. The molecule has 1 fully saturated rings. The van der Waals surface area contributed by atoms with Crippen molar-refractivity contribution in [3.63, 3.8) is 0 Å². The molecule has 0 aliphatic heterocycles. The predicted octanol–water partition coefficient (Wildman–Crippen LogP) is 2.96. The van der Waals surface area contributed by atoms with E-state index in [0.29, 0.717) is 19.0 Å². The lowest BCUT2D eigenvalue weighted by Gasteiger charge is -2.08. The molecule has 1 aliphatic rings. The molecule has 1 atom stereocenters. The van der Waals surface area contributed by atoms with E-state index in [2.05, 4.69) is 12.1 Å². The quantitative estimate of drug-likeness (QED) is 0.710. The number of hydrogen-bond acceptors (Lipinski definition) is 2. The molecule has 0 N–H and O–H groups in total. The molecule has 0 radical (unpaired) electrons. The fourth-order valence-electron chi connectivity index (χ4n) is 2.18. The third-order valence-electron chi connectivity index (χ3n) is 3.15. The Morgan fingerprint density at radius 2 is 2.06 bits per heavy atom. The van der Waals surface area contributed by atoms with Crippen molar-refractivity contribution in [3.05, 3.63) is 35.9 Å². The predicted molar refractivity (Wildman–Crippen MR) is 63.1 cm³/mol. The van der Waals surface area contributed by atoms with Crippen molar-refractivity contribution in [1.82, 2.24) is 0 Å². The Balaban J connectivity index is 1.64. The van der Waals surface area contributed by atoms with Crippen molar-refractivity contribution >= 4 is 5.78 Å². The summed E-state index contributed by atoms with van der Waals surface area (Å²) in [6.07, 6.45) is 3.81. The fraction of sp³-hybridized carbons (Fsp3) is 0.500. The molecule has 86 valence electrons. The van der Waals surface area contributed by atoms with Gasteiger partial charge >= 0.3 is 0 Å². The maximum atomic E-state index is 11.4. The summed E-state index contributed by atoms with van der Waals surface area (Å²) in [7, 11) is 0. The molecule has 0 bridgehead atoms. The summed E-state index contributed by atoms with van der Waals surface area (Å²) in [6, 6.07) is 10.1. The lowest BCUT2D eigenvalue weighted by molar-refractivity contribution is -0.121. The first-order chi connectivity index (χ1) is 7.86. The van der Waals surface area contributed by atoms with E-state index in [1.807, 2.05) is 18.2 Å². The average molecular weight is 218 g/mol. The molecule has 0 saturated heterocycles. The highest BCUT2D eigenvalue weighted by Crippen LogP contribution is 2.24. The third-order valence-corrected chi connectivity index (χ3v) is 3.15. The minimum atomic E-state index is 0.274. The Morgan fingerprint density at radius 3 is 2.75 bits per heavy atom. The molecule has 0 amide bonds. The molecule has 0 spiro atoms. The highest BCUT2D eigenvalue weighted by Gasteiger charge is 2.23. The van der Waals surface area contributed by atoms with Crippen molar-refractivity contribution < 1.29 is 9.53 Å². The Bertz CT molecular complexity index is 332. The molecule has 1 aliphatic carbocycles. The minimum Gasteiger partial charge on any atom is -0.377 e. The zero-order valence-corrected chi connectivity index (χ0v) is 9.52. The standard InChI is InChI=1S/C14H18O2/c15-14-8-4-7-13(14)9-10-16-11-12-5-2-1-3-6-12/h1-3,5-6,13H,4,7-11H2. The average Bonchev–Trinajstić information content (AvgIpc) is 2.72. The van der Waals surface area contributed by atoms with E-state index in [1.165, 1.54) is 5.56 Å². The summed E-state index contributed by atoms with van der Waals surface area (Å²) in [5, 5.41) is 0. The number of carbonyl (C=O) groups excluding carboxylic acids is 1. The second kappa shape index (κ2) is 5.80. The molecule has 2 rings (SSSR count). The molecule has 16 heavy (non-hydrogen) atoms. The van der Waals surface area contributed by atoms with Gasteiger partial charge in [0.15, 0.2) is 0 Å². The van der Waals surface area contributed by atoms with Crippen LogP contribution in [0.2, 0.25) is 0 Å². The molecule has 2 heteroatoms. The van der Waals surface area contributed by atoms with Crippen LogP contribution in [0.5, 0.6) is 0 Å². The summed E-state index contributed by atoms with van der Waals surface area (Å²) >= 11 is 0. The second-order valence-corrected chi connectivity index (χ2v) is 4.38. The highest BCUT2D eigenvalue weighted by atomic mass is 16.5. The molecule has 1 aromatic rings. The maximum absolute atomic E-state index is 11.4. The van der Waals surface area contributed by atoms with Gasteiger partial charge in [-0.25, -0.2) is 0 Å². The Hall–Kier alpha value is -1.15. The van der Waals surface area contributed by atoms with E-state index in [1.54, 1.807) is 0 Å². The van der Waals surface area contributed by atoms with E-state index in [-0.39, 0.29) is 5.92 Å². The van der Waals surface area contributed by atoms with Crippen LogP contribution in [-0.4, -0.2) is 12.4 Å². The van der Waals surface area contributed by atoms with Crippen LogP contribution < -0.4 is 0 Å². The molecule has 2 nitrogen and oxygen atoms in total. The van der Waals surface area contributed by atoms with Gasteiger partial charge < -0.3 is 4.74 Å². The smallest absolute Gasteiger partial charge is 0.136 e. The number of carbonyl (C=O) groups is 1. The van der Waals surface area contributed by atoms with E-state index in [4.69, 9.17) is 4.74 Å². The number of rotatable bonds is 5. The summed E-state index contributed by atoms with van der Waals surface area (Å²) < 4.78 is 5.58. The lowest BCUT2D eigenvalue weighted by Crippen LogP contribution is -2.09. The maximum Gasteiger partial charge on any atom is 0.136 e. The molecule has 1 aromatic carbocycles. The van der Waals surface area contributed by atoms with Gasteiger partial charge in [0.2, 0.25) is 0 Å². The Morgan fingerprint density at radius 1 is 1.25 bits per heavy atom. The van der Waals surface area contributed by atoms with Crippen molar-refractivity contribution in [2.24, 2.45) is 5.92 Å². The number of Topliss-reactive ketones (excluding diaryl/α,β-unsaturated/α-hetero) is 1. The van der Waals surface area contributed by atoms with E-state index >= 15 is 0 Å². The minimum absolute atomic E-state index is 0.274. The molecule has 0 aromatic heterocycles. The van der Waals surface area contributed by atoms with Crippen LogP contribution >= 0.6 is 0 Å². The first-order valence-electron chi connectivity index (χ1n) is 6.00. The van der Waals surface area contributed by atoms with Crippen LogP contribution in [0.4, 0.5) is 0 Å². The van der Waals surface area contributed by atoms with Gasteiger partial charge in [-0.3, -0.25) is 4.79 Å². The fourth-order valence-corrected chi connectivity index (χ4v) is 2.18. The van der Waals surface area contributed by atoms with E-state index < -0.39 is 0 Å². The normalized spacial score (nSPS) is 20.2. The van der Waals surface area contributed by atoms with E-state index in [0.717, 1.165) is 25.7 Å². The van der Waals surface area contributed by atoms with Crippen LogP contribution in [0.3, 0.4) is 0 Å². The highest BCUT2D eigenvalue weighted by molar-refractivity contribution is 5.82. The van der Waals surface area contributed by atoms with Gasteiger partial charge in [-0.1, -0.05) is 30.3 Å². The van der Waals surface area contributed by atoms with Gasteiger partial charge in [0.25, 0.3) is 0 Å². The van der Waals surface area contributed by atoms with Crippen LogP contribution in [0.25, 0.3) is 0 Å². The first kappa shape index (κ1) is 11.3. The van der Waals surface area contributed by atoms with E-state index in [9.17, 15) is 4.79 Å². The number of hydrogen-bond donors (Lipinski definition) is 0. The zero-order chi connectivity index (χ0) is 11.2. The van der Waals surface area contributed by atoms with Crippen LogP contribution in [0, 0.1) is 5.92 Å². The monoisotopic (exact) mass is 218 g/mol. The van der Waals surface area contributed by atoms with Gasteiger partial charge in [-0.2, -0.15) is 0 Å². The van der Waals surface area contributed by atoms with Gasteiger partial charge in [0, 0.05) is 18.9 Å². The summed E-state index contributed by atoms with van der Waals surface area (Å²) in [4.78, 5) is 11.4. The number of benzene rings is 1. The van der Waals surface area contributed by atoms with Crippen molar-refractivity contribution in [2.75, 3.05) is 6.61 Å². The van der Waals surface area contributed by atoms with Crippen molar-refractivity contribution in [2.45, 2.75) is 32.3 Å². The van der Waals surface area contributed by atoms with Gasteiger partial charge in [-0.05, 0) is 24.8 Å². The largest absolute Gasteiger partial charge is 0.377 e. The van der Waals surface area contributed by atoms with Crippen LogP contribution in [-0.2, 0) is 16.1 Å². The summed E-state index contributed by atoms with van der Waals surface area (Å²) in [5.41, 5.74) is 1.19. The summed E-state index contributed by atoms with van der Waals surface area (Å²) in [5.74, 6) is 0.707. The van der Waals surface area contributed by atoms with Gasteiger partial charge in [0.05, 0.1) is 6.61 Å². The molecule has 1 unspecified atom stereocenters. The Labute approximate surface area is 96.6 Å². The van der Waals surface area contributed by atoms with Crippen molar-refractivity contribution in [1.29, 1.82) is 0 Å². The number of ether oxygens (including phenoxy) is 1. The molecular weight excluding hydrogens is 200 g/mol. The third kappa shape index (κ3) is 3.17. The summed E-state index contributed by atoms with van der Waals surface area (Å²) in [6.45, 7) is 1.35.